The number of hydrogen-bond acceptors (Lipinski definition) is 3. The maximum atomic E-state index is 12.4. The van der Waals surface area contributed by atoms with Gasteiger partial charge in [0.05, 0.1) is 4.90 Å². The van der Waals surface area contributed by atoms with Crippen LogP contribution in [0.5, 0.6) is 0 Å². The van der Waals surface area contributed by atoms with Crippen LogP contribution in [0, 0.1) is 18.8 Å². The monoisotopic (exact) mass is 365 g/mol. The molecular weight excluding hydrogens is 338 g/mol. The highest BCUT2D eigenvalue weighted by Gasteiger charge is 2.26. The molecule has 1 fully saturated rings. The Morgan fingerprint density at radius 2 is 2.00 bits per heavy atom. The van der Waals surface area contributed by atoms with Crippen LogP contribution in [0.15, 0.2) is 41.3 Å². The quantitative estimate of drug-likeness (QED) is 0.518. The standard InChI is InChI=1S/C19H27NO4S/c1-15-10-12-18(13-11-15)25(23,24)20-14-17-8-5-7-16(17)6-3-2-4-9-19(21)22/h3,6,10-13,16-17,20H,2,4-5,7-9,14H2,1H3,(H,21,22)/b6-3-. The van der Waals surface area contributed by atoms with Crippen LogP contribution in [0.3, 0.4) is 0 Å². The summed E-state index contributed by atoms with van der Waals surface area (Å²) in [4.78, 5) is 10.8. The molecule has 1 saturated carbocycles. The Kier molecular flexibility index (Phi) is 7.20. The van der Waals surface area contributed by atoms with Crippen molar-refractivity contribution >= 4 is 16.0 Å². The third kappa shape index (κ3) is 6.29. The maximum Gasteiger partial charge on any atom is 0.303 e. The van der Waals surface area contributed by atoms with E-state index in [0.717, 1.165) is 31.2 Å². The number of nitrogens with one attached hydrogen (secondary N) is 1. The fourth-order valence-corrected chi connectivity index (χ4v) is 4.33. The summed E-state index contributed by atoms with van der Waals surface area (Å²) in [6, 6.07) is 6.86. The molecule has 0 radical (unpaired) electrons. The Bertz CT molecular complexity index is 695. The van der Waals surface area contributed by atoms with Crippen molar-refractivity contribution < 1.29 is 18.3 Å². The molecule has 0 aromatic heterocycles. The molecule has 138 valence electrons. The van der Waals surface area contributed by atoms with Gasteiger partial charge in [-0.05, 0) is 56.6 Å². The molecule has 5 nitrogen and oxygen atoms in total. The van der Waals surface area contributed by atoms with Crippen molar-refractivity contribution in [2.45, 2.75) is 50.3 Å². The highest BCUT2D eigenvalue weighted by molar-refractivity contribution is 7.89. The van der Waals surface area contributed by atoms with E-state index in [2.05, 4.69) is 10.8 Å². The van der Waals surface area contributed by atoms with Gasteiger partial charge < -0.3 is 5.11 Å². The van der Waals surface area contributed by atoms with E-state index < -0.39 is 16.0 Å². The van der Waals surface area contributed by atoms with Gasteiger partial charge in [0, 0.05) is 13.0 Å². The van der Waals surface area contributed by atoms with Gasteiger partial charge in [-0.25, -0.2) is 13.1 Å². The molecular formula is C19H27NO4S. The first-order valence-electron chi connectivity index (χ1n) is 8.83. The molecule has 1 aliphatic carbocycles. The zero-order valence-electron chi connectivity index (χ0n) is 14.6. The molecule has 0 amide bonds. The van der Waals surface area contributed by atoms with Crippen LogP contribution in [0.25, 0.3) is 0 Å². The summed E-state index contributed by atoms with van der Waals surface area (Å²) in [7, 11) is -3.47. The van der Waals surface area contributed by atoms with Crippen molar-refractivity contribution in [1.29, 1.82) is 0 Å². The lowest BCUT2D eigenvalue weighted by molar-refractivity contribution is -0.137. The predicted octanol–water partition coefficient (Wildman–Crippen LogP) is 3.50. The summed E-state index contributed by atoms with van der Waals surface area (Å²) in [5, 5.41) is 8.63. The Balaban J connectivity index is 1.85. The average Bonchev–Trinajstić information content (AvgIpc) is 3.00. The summed E-state index contributed by atoms with van der Waals surface area (Å²) in [5.74, 6) is -0.0980. The number of allylic oxidation sites excluding steroid dienone is 2. The average molecular weight is 365 g/mol. The summed E-state index contributed by atoms with van der Waals surface area (Å²) in [6.45, 7) is 2.37. The van der Waals surface area contributed by atoms with E-state index in [9.17, 15) is 13.2 Å². The van der Waals surface area contributed by atoms with Gasteiger partial charge in [-0.15, -0.1) is 0 Å². The fourth-order valence-electron chi connectivity index (χ4n) is 3.23. The molecule has 1 aliphatic rings. The number of carboxylic acids is 1. The molecule has 2 unspecified atom stereocenters. The number of unbranched alkanes of at least 4 members (excludes halogenated alkanes) is 1. The van der Waals surface area contributed by atoms with E-state index in [1.54, 1.807) is 24.3 Å². The molecule has 2 atom stereocenters. The van der Waals surface area contributed by atoms with Crippen LogP contribution in [0.4, 0.5) is 0 Å². The molecule has 2 N–H and O–H groups in total. The topological polar surface area (TPSA) is 83.5 Å². The van der Waals surface area contributed by atoms with E-state index in [1.807, 2.05) is 13.0 Å². The van der Waals surface area contributed by atoms with Crippen LogP contribution < -0.4 is 4.72 Å². The Labute approximate surface area is 150 Å². The highest BCUT2D eigenvalue weighted by Crippen LogP contribution is 2.32. The lowest BCUT2D eigenvalue weighted by Gasteiger charge is -2.17. The molecule has 1 aromatic rings. The molecule has 1 aromatic carbocycles. The smallest absolute Gasteiger partial charge is 0.303 e. The second-order valence-electron chi connectivity index (χ2n) is 6.73. The van der Waals surface area contributed by atoms with Gasteiger partial charge in [-0.2, -0.15) is 0 Å². The van der Waals surface area contributed by atoms with Gasteiger partial charge in [-0.1, -0.05) is 36.3 Å². The minimum Gasteiger partial charge on any atom is -0.481 e. The van der Waals surface area contributed by atoms with Gasteiger partial charge in [0.15, 0.2) is 0 Å². The Morgan fingerprint density at radius 1 is 1.28 bits per heavy atom. The van der Waals surface area contributed by atoms with Gasteiger partial charge in [0.1, 0.15) is 0 Å². The van der Waals surface area contributed by atoms with Crippen molar-refractivity contribution in [2.24, 2.45) is 11.8 Å². The normalized spacial score (nSPS) is 21.0. The largest absolute Gasteiger partial charge is 0.481 e. The summed E-state index contributed by atoms with van der Waals surface area (Å²) >= 11 is 0. The van der Waals surface area contributed by atoms with Crippen molar-refractivity contribution in [1.82, 2.24) is 4.72 Å². The number of benzene rings is 1. The van der Waals surface area contributed by atoms with Gasteiger partial charge in [-0.3, -0.25) is 4.79 Å². The minimum absolute atomic E-state index is 0.189. The van der Waals surface area contributed by atoms with E-state index in [4.69, 9.17) is 5.11 Å². The first-order chi connectivity index (χ1) is 11.9. The van der Waals surface area contributed by atoms with Gasteiger partial charge in [0.25, 0.3) is 0 Å². The molecule has 0 heterocycles. The molecule has 0 aliphatic heterocycles. The molecule has 6 heteroatoms. The first-order valence-corrected chi connectivity index (χ1v) is 10.3. The van der Waals surface area contributed by atoms with Crippen molar-refractivity contribution in [2.75, 3.05) is 6.54 Å². The first kappa shape index (κ1) is 19.7. The zero-order valence-corrected chi connectivity index (χ0v) is 15.5. The van der Waals surface area contributed by atoms with E-state index in [0.29, 0.717) is 29.7 Å². The zero-order chi connectivity index (χ0) is 18.3. The van der Waals surface area contributed by atoms with E-state index in [-0.39, 0.29) is 6.42 Å². The summed E-state index contributed by atoms with van der Waals surface area (Å²) < 4.78 is 27.5. The van der Waals surface area contributed by atoms with Crippen molar-refractivity contribution in [3.8, 4) is 0 Å². The number of hydrogen-bond donors (Lipinski definition) is 2. The predicted molar refractivity (Wildman–Crippen MR) is 97.8 cm³/mol. The molecule has 0 saturated heterocycles. The number of carboxylic acid groups (broad SMARTS) is 1. The van der Waals surface area contributed by atoms with Crippen LogP contribution >= 0.6 is 0 Å². The number of aliphatic carboxylic acids is 1. The highest BCUT2D eigenvalue weighted by atomic mass is 32.2. The molecule has 0 spiro atoms. The molecule has 25 heavy (non-hydrogen) atoms. The van der Waals surface area contributed by atoms with Gasteiger partial charge in [0.2, 0.25) is 10.0 Å². The van der Waals surface area contributed by atoms with Gasteiger partial charge >= 0.3 is 5.97 Å². The van der Waals surface area contributed by atoms with Crippen molar-refractivity contribution in [3.05, 3.63) is 42.0 Å². The third-order valence-electron chi connectivity index (χ3n) is 4.73. The number of sulfonamides is 1. The maximum absolute atomic E-state index is 12.4. The van der Waals surface area contributed by atoms with Crippen LogP contribution in [0.2, 0.25) is 0 Å². The lowest BCUT2D eigenvalue weighted by Crippen LogP contribution is -2.30. The number of rotatable bonds is 9. The second-order valence-corrected chi connectivity index (χ2v) is 8.50. The molecule has 0 bridgehead atoms. The van der Waals surface area contributed by atoms with E-state index >= 15 is 0 Å². The Morgan fingerprint density at radius 3 is 2.68 bits per heavy atom. The lowest BCUT2D eigenvalue weighted by atomic mass is 9.95. The summed E-state index contributed by atoms with van der Waals surface area (Å²) in [5.41, 5.74) is 1.03. The van der Waals surface area contributed by atoms with Crippen LogP contribution in [-0.2, 0) is 14.8 Å². The number of carbonyl (C=O) groups is 1. The van der Waals surface area contributed by atoms with E-state index in [1.165, 1.54) is 0 Å². The SMILES string of the molecule is Cc1ccc(S(=O)(=O)NCC2CCCC2/C=C\CCCC(=O)O)cc1. The number of aryl methyl sites for hydroxylation is 1. The van der Waals surface area contributed by atoms with Crippen LogP contribution in [-0.4, -0.2) is 26.0 Å². The molecule has 2 rings (SSSR count). The Hall–Kier alpha value is -1.66. The minimum atomic E-state index is -3.47. The third-order valence-corrected chi connectivity index (χ3v) is 6.17. The fraction of sp³-hybridized carbons (Fsp3) is 0.526. The van der Waals surface area contributed by atoms with Crippen LogP contribution in [0.1, 0.15) is 44.1 Å². The second kappa shape index (κ2) is 9.15. The summed E-state index contributed by atoms with van der Waals surface area (Å²) in [6.07, 6.45) is 8.94. The van der Waals surface area contributed by atoms with Crippen molar-refractivity contribution in [3.63, 3.8) is 0 Å².